The molecule has 0 aromatic carbocycles. The van der Waals surface area contributed by atoms with Crippen LogP contribution in [0.15, 0.2) is 0 Å². The van der Waals surface area contributed by atoms with E-state index < -0.39 is 0 Å². The summed E-state index contributed by atoms with van der Waals surface area (Å²) < 4.78 is 1.20. The standard InChI is InChI=1S/C7H17N2.HI/c1-8-4-6-9(2,3)7-5-8;/h4-7H2,1-3H3;1H/q+1;/p-1. The van der Waals surface area contributed by atoms with E-state index in [1.165, 1.54) is 30.7 Å². The summed E-state index contributed by atoms with van der Waals surface area (Å²) in [5, 5.41) is 0. The average molecular weight is 256 g/mol. The molecule has 62 valence electrons. The van der Waals surface area contributed by atoms with Crippen molar-refractivity contribution < 1.29 is 28.5 Å². The number of quaternary nitrogens is 1. The number of hydrogen-bond acceptors (Lipinski definition) is 1. The van der Waals surface area contributed by atoms with Gasteiger partial charge in [0.1, 0.15) is 0 Å². The summed E-state index contributed by atoms with van der Waals surface area (Å²) in [6.07, 6.45) is 0. The van der Waals surface area contributed by atoms with Gasteiger partial charge in [0.05, 0.1) is 27.2 Å². The zero-order chi connectivity index (χ0) is 6.91. The van der Waals surface area contributed by atoms with E-state index >= 15 is 0 Å². The quantitative estimate of drug-likeness (QED) is 0.330. The van der Waals surface area contributed by atoms with Crippen molar-refractivity contribution >= 4 is 0 Å². The maximum Gasteiger partial charge on any atom is 0.0912 e. The Morgan fingerprint density at radius 3 is 1.80 bits per heavy atom. The maximum absolute atomic E-state index is 2.39. The molecule has 1 fully saturated rings. The molecule has 0 spiro atoms. The second kappa shape index (κ2) is 3.88. The fraction of sp³-hybridized carbons (Fsp3) is 1.00. The van der Waals surface area contributed by atoms with Crippen LogP contribution >= 0.6 is 0 Å². The Balaban J connectivity index is 0.000000810. The zero-order valence-corrected chi connectivity index (χ0v) is 9.26. The zero-order valence-electron chi connectivity index (χ0n) is 7.10. The van der Waals surface area contributed by atoms with Gasteiger partial charge in [0.25, 0.3) is 0 Å². The molecule has 1 rings (SSSR count). The van der Waals surface area contributed by atoms with Gasteiger partial charge in [-0.05, 0) is 7.05 Å². The van der Waals surface area contributed by atoms with Crippen LogP contribution in [0.5, 0.6) is 0 Å². The Kier molecular flexibility index (Phi) is 4.13. The number of halogens is 1. The van der Waals surface area contributed by atoms with Crippen LogP contribution < -0.4 is 24.0 Å². The van der Waals surface area contributed by atoms with Crippen molar-refractivity contribution in [1.29, 1.82) is 0 Å². The van der Waals surface area contributed by atoms with Crippen LogP contribution in [0.25, 0.3) is 0 Å². The fourth-order valence-electron chi connectivity index (χ4n) is 1.11. The van der Waals surface area contributed by atoms with Crippen molar-refractivity contribution in [3.05, 3.63) is 0 Å². The van der Waals surface area contributed by atoms with Gasteiger partial charge in [0, 0.05) is 13.1 Å². The highest BCUT2D eigenvalue weighted by atomic mass is 127. The van der Waals surface area contributed by atoms with Gasteiger partial charge >= 0.3 is 0 Å². The Labute approximate surface area is 80.8 Å². The van der Waals surface area contributed by atoms with Crippen molar-refractivity contribution in [1.82, 2.24) is 4.90 Å². The van der Waals surface area contributed by atoms with Crippen LogP contribution in [-0.4, -0.2) is 56.7 Å². The van der Waals surface area contributed by atoms with Gasteiger partial charge in [-0.2, -0.15) is 0 Å². The maximum atomic E-state index is 2.39. The molecule has 0 saturated carbocycles. The SMILES string of the molecule is CN1CC[N+](C)(C)CC1.[I-]. The topological polar surface area (TPSA) is 3.24 Å². The second-order valence-electron chi connectivity index (χ2n) is 3.69. The van der Waals surface area contributed by atoms with Gasteiger partial charge in [-0.1, -0.05) is 0 Å². The third-order valence-electron chi connectivity index (χ3n) is 2.17. The van der Waals surface area contributed by atoms with E-state index in [9.17, 15) is 0 Å². The van der Waals surface area contributed by atoms with Crippen molar-refractivity contribution in [2.75, 3.05) is 47.3 Å². The lowest BCUT2D eigenvalue weighted by Gasteiger charge is -2.37. The highest BCUT2D eigenvalue weighted by Crippen LogP contribution is 2.03. The van der Waals surface area contributed by atoms with Crippen LogP contribution in [-0.2, 0) is 0 Å². The molecule has 0 amide bonds. The van der Waals surface area contributed by atoms with Crippen LogP contribution in [0.4, 0.5) is 0 Å². The first-order valence-corrected chi connectivity index (χ1v) is 3.61. The summed E-state index contributed by atoms with van der Waals surface area (Å²) in [4.78, 5) is 2.39. The first-order valence-electron chi connectivity index (χ1n) is 3.61. The molecule has 1 saturated heterocycles. The molecule has 3 heteroatoms. The predicted octanol–water partition coefficient (Wildman–Crippen LogP) is -2.99. The smallest absolute Gasteiger partial charge is 0.0912 e. The molecule has 0 bridgehead atoms. The van der Waals surface area contributed by atoms with Crippen LogP contribution in [0.1, 0.15) is 0 Å². The molecule has 10 heavy (non-hydrogen) atoms. The van der Waals surface area contributed by atoms with E-state index in [4.69, 9.17) is 0 Å². The lowest BCUT2D eigenvalue weighted by Crippen LogP contribution is -3.00. The number of nitrogens with zero attached hydrogens (tertiary/aromatic N) is 2. The Hall–Kier alpha value is 0.650. The van der Waals surface area contributed by atoms with Gasteiger partial charge < -0.3 is 28.5 Å². The average Bonchev–Trinajstić information content (AvgIpc) is 1.78. The molecule has 0 aliphatic carbocycles. The van der Waals surface area contributed by atoms with Crippen molar-refractivity contribution in [2.45, 2.75) is 0 Å². The molecule has 0 aromatic heterocycles. The largest absolute Gasteiger partial charge is 1.00 e. The number of rotatable bonds is 0. The van der Waals surface area contributed by atoms with Gasteiger partial charge in [0.15, 0.2) is 0 Å². The fourth-order valence-corrected chi connectivity index (χ4v) is 1.11. The summed E-state index contributed by atoms with van der Waals surface area (Å²) in [5.41, 5.74) is 0. The predicted molar refractivity (Wildman–Crippen MR) is 39.3 cm³/mol. The minimum atomic E-state index is 0. The Morgan fingerprint density at radius 1 is 1.10 bits per heavy atom. The lowest BCUT2D eigenvalue weighted by atomic mass is 10.3. The second-order valence-corrected chi connectivity index (χ2v) is 3.69. The number of piperazine rings is 1. The number of likely N-dealkylation sites (N-methyl/N-ethyl adjacent to an activating group) is 2. The summed E-state index contributed by atoms with van der Waals surface area (Å²) >= 11 is 0. The van der Waals surface area contributed by atoms with Gasteiger partial charge in [-0.15, -0.1) is 0 Å². The minimum Gasteiger partial charge on any atom is -1.00 e. The molecule has 0 aromatic rings. The lowest BCUT2D eigenvalue weighted by molar-refractivity contribution is -0.894. The summed E-state index contributed by atoms with van der Waals surface area (Å²) in [6, 6.07) is 0. The summed E-state index contributed by atoms with van der Waals surface area (Å²) in [5.74, 6) is 0. The third kappa shape index (κ3) is 3.16. The first-order chi connectivity index (χ1) is 4.10. The minimum absolute atomic E-state index is 0. The van der Waals surface area contributed by atoms with Crippen LogP contribution in [0.2, 0.25) is 0 Å². The van der Waals surface area contributed by atoms with E-state index in [2.05, 4.69) is 26.0 Å². The van der Waals surface area contributed by atoms with E-state index in [0.29, 0.717) is 0 Å². The molecule has 1 aliphatic rings. The Bertz CT molecular complexity index is 93.8. The molecule has 1 aliphatic heterocycles. The summed E-state index contributed by atoms with van der Waals surface area (Å²) in [7, 11) is 6.79. The van der Waals surface area contributed by atoms with Crippen molar-refractivity contribution in [2.24, 2.45) is 0 Å². The molecular formula is C7H17IN2. The molecule has 1 heterocycles. The molecular weight excluding hydrogens is 239 g/mol. The van der Waals surface area contributed by atoms with E-state index in [1.54, 1.807) is 0 Å². The molecule has 0 atom stereocenters. The first kappa shape index (κ1) is 10.7. The highest BCUT2D eigenvalue weighted by Gasteiger charge is 2.21. The normalized spacial score (nSPS) is 25.5. The third-order valence-corrected chi connectivity index (χ3v) is 2.17. The van der Waals surface area contributed by atoms with Crippen molar-refractivity contribution in [3.8, 4) is 0 Å². The van der Waals surface area contributed by atoms with Crippen LogP contribution in [0, 0.1) is 0 Å². The van der Waals surface area contributed by atoms with Crippen molar-refractivity contribution in [3.63, 3.8) is 0 Å². The molecule has 0 unspecified atom stereocenters. The molecule has 2 nitrogen and oxygen atoms in total. The van der Waals surface area contributed by atoms with Gasteiger partial charge in [-0.3, -0.25) is 4.90 Å². The Morgan fingerprint density at radius 2 is 1.50 bits per heavy atom. The van der Waals surface area contributed by atoms with E-state index in [0.717, 1.165) is 0 Å². The van der Waals surface area contributed by atoms with Gasteiger partial charge in [-0.25, -0.2) is 0 Å². The highest BCUT2D eigenvalue weighted by molar-refractivity contribution is 4.55. The van der Waals surface area contributed by atoms with E-state index in [1.807, 2.05) is 0 Å². The van der Waals surface area contributed by atoms with Crippen LogP contribution in [0.3, 0.4) is 0 Å². The molecule has 0 N–H and O–H groups in total. The van der Waals surface area contributed by atoms with Gasteiger partial charge in [0.2, 0.25) is 0 Å². The summed E-state index contributed by atoms with van der Waals surface area (Å²) in [6.45, 7) is 5.12. The monoisotopic (exact) mass is 256 g/mol. The number of hydrogen-bond donors (Lipinski definition) is 0. The van der Waals surface area contributed by atoms with E-state index in [-0.39, 0.29) is 24.0 Å². The molecule has 0 radical (unpaired) electrons.